The number of aromatic nitrogens is 1. The van der Waals surface area contributed by atoms with Crippen LogP contribution in [0.2, 0.25) is 5.15 Å². The summed E-state index contributed by atoms with van der Waals surface area (Å²) in [5.41, 5.74) is 0.583. The number of benzene rings is 1. The van der Waals surface area contributed by atoms with Crippen LogP contribution in [0.1, 0.15) is 5.56 Å². The van der Waals surface area contributed by atoms with Crippen molar-refractivity contribution in [2.45, 2.75) is 6.92 Å². The van der Waals surface area contributed by atoms with E-state index in [1.807, 2.05) is 0 Å². The van der Waals surface area contributed by atoms with Gasteiger partial charge < -0.3 is 4.74 Å². The maximum atomic E-state index is 13.2. The highest BCUT2D eigenvalue weighted by Crippen LogP contribution is 2.27. The number of ether oxygens (including phenoxy) is 1. The first-order chi connectivity index (χ1) is 7.15. The van der Waals surface area contributed by atoms with Crippen LogP contribution in [0.25, 0.3) is 0 Å². The standard InChI is InChI=1S/C10H7ClFNOS/c1-6-2-3-7(4-8(6)12)14-10-13-9(11)5-15-10/h2-5H,1H3. The molecule has 0 fully saturated rings. The molecule has 0 amide bonds. The van der Waals surface area contributed by atoms with Gasteiger partial charge in [-0.05, 0) is 18.6 Å². The Morgan fingerprint density at radius 2 is 2.27 bits per heavy atom. The maximum absolute atomic E-state index is 13.2. The summed E-state index contributed by atoms with van der Waals surface area (Å²) in [6.45, 7) is 1.69. The number of halogens is 2. The molecule has 0 saturated carbocycles. The second kappa shape index (κ2) is 4.16. The highest BCUT2D eigenvalue weighted by atomic mass is 35.5. The molecule has 15 heavy (non-hydrogen) atoms. The molecule has 5 heteroatoms. The maximum Gasteiger partial charge on any atom is 0.280 e. The van der Waals surface area contributed by atoms with Crippen LogP contribution < -0.4 is 4.74 Å². The van der Waals surface area contributed by atoms with E-state index >= 15 is 0 Å². The van der Waals surface area contributed by atoms with E-state index in [1.54, 1.807) is 24.4 Å². The molecule has 2 rings (SSSR count). The van der Waals surface area contributed by atoms with Crippen LogP contribution in [0.4, 0.5) is 4.39 Å². The SMILES string of the molecule is Cc1ccc(Oc2nc(Cl)cs2)cc1F. The summed E-state index contributed by atoms with van der Waals surface area (Å²) < 4.78 is 18.5. The molecule has 2 aromatic rings. The highest BCUT2D eigenvalue weighted by molar-refractivity contribution is 7.11. The zero-order valence-corrected chi connectivity index (χ0v) is 9.40. The van der Waals surface area contributed by atoms with Crippen LogP contribution in [0.5, 0.6) is 10.9 Å². The number of hydrogen-bond donors (Lipinski definition) is 0. The minimum Gasteiger partial charge on any atom is -0.431 e. The van der Waals surface area contributed by atoms with E-state index in [-0.39, 0.29) is 5.82 Å². The fourth-order valence-electron chi connectivity index (χ4n) is 1.02. The summed E-state index contributed by atoms with van der Waals surface area (Å²) in [5.74, 6) is 0.124. The van der Waals surface area contributed by atoms with E-state index in [0.29, 0.717) is 21.7 Å². The molecule has 0 saturated heterocycles. The molecule has 0 aliphatic heterocycles. The number of hydrogen-bond acceptors (Lipinski definition) is 3. The van der Waals surface area contributed by atoms with Gasteiger partial charge in [0.05, 0.1) is 0 Å². The molecule has 78 valence electrons. The average Bonchev–Trinajstić information content (AvgIpc) is 2.58. The summed E-state index contributed by atoms with van der Waals surface area (Å²) >= 11 is 6.90. The summed E-state index contributed by atoms with van der Waals surface area (Å²) in [6, 6.07) is 4.66. The fraction of sp³-hybridized carbons (Fsp3) is 0.100. The Morgan fingerprint density at radius 1 is 1.47 bits per heavy atom. The molecule has 1 aromatic carbocycles. The lowest BCUT2D eigenvalue weighted by Gasteiger charge is -2.02. The lowest BCUT2D eigenvalue weighted by atomic mass is 10.2. The molecule has 0 aliphatic rings. The summed E-state index contributed by atoms with van der Waals surface area (Å²) in [7, 11) is 0. The predicted molar refractivity (Wildman–Crippen MR) is 58.3 cm³/mol. The lowest BCUT2D eigenvalue weighted by molar-refractivity contribution is 0.472. The van der Waals surface area contributed by atoms with Crippen molar-refractivity contribution in [3.8, 4) is 10.9 Å². The minimum atomic E-state index is -0.296. The number of aryl methyl sites for hydroxylation is 1. The van der Waals surface area contributed by atoms with Crippen molar-refractivity contribution in [2.75, 3.05) is 0 Å². The van der Waals surface area contributed by atoms with Crippen molar-refractivity contribution >= 4 is 22.9 Å². The van der Waals surface area contributed by atoms with Crippen LogP contribution >= 0.6 is 22.9 Å². The average molecular weight is 244 g/mol. The molecule has 1 heterocycles. The first-order valence-corrected chi connectivity index (χ1v) is 5.46. The Balaban J connectivity index is 2.21. The summed E-state index contributed by atoms with van der Waals surface area (Å²) in [6.07, 6.45) is 0. The van der Waals surface area contributed by atoms with Gasteiger partial charge in [-0.15, -0.1) is 0 Å². The third-order valence-electron chi connectivity index (χ3n) is 1.80. The third-order valence-corrected chi connectivity index (χ3v) is 2.84. The van der Waals surface area contributed by atoms with Crippen molar-refractivity contribution < 1.29 is 9.13 Å². The quantitative estimate of drug-likeness (QED) is 0.794. The number of rotatable bonds is 2. The van der Waals surface area contributed by atoms with Gasteiger partial charge in [-0.3, -0.25) is 0 Å². The minimum absolute atomic E-state index is 0.296. The van der Waals surface area contributed by atoms with E-state index in [2.05, 4.69) is 4.98 Å². The summed E-state index contributed by atoms with van der Waals surface area (Å²) in [4.78, 5) is 3.90. The largest absolute Gasteiger partial charge is 0.431 e. The van der Waals surface area contributed by atoms with E-state index < -0.39 is 0 Å². The molecule has 0 spiro atoms. The van der Waals surface area contributed by atoms with Crippen LogP contribution in [0, 0.1) is 12.7 Å². The van der Waals surface area contributed by atoms with Crippen LogP contribution in [0.3, 0.4) is 0 Å². The molecular weight excluding hydrogens is 237 g/mol. The second-order valence-corrected chi connectivity index (χ2v) is 4.16. The zero-order valence-electron chi connectivity index (χ0n) is 7.83. The van der Waals surface area contributed by atoms with E-state index in [9.17, 15) is 4.39 Å². The Kier molecular flexibility index (Phi) is 2.88. The second-order valence-electron chi connectivity index (χ2n) is 2.95. The molecular formula is C10H7ClFNOS. The number of thiazole rings is 1. The van der Waals surface area contributed by atoms with Crippen molar-refractivity contribution in [3.05, 3.63) is 40.1 Å². The van der Waals surface area contributed by atoms with Gasteiger partial charge >= 0.3 is 0 Å². The molecule has 0 radical (unpaired) electrons. The molecule has 0 aliphatic carbocycles. The normalized spacial score (nSPS) is 10.3. The molecule has 1 aromatic heterocycles. The Hall–Kier alpha value is -1.13. The van der Waals surface area contributed by atoms with Crippen molar-refractivity contribution in [1.29, 1.82) is 0 Å². The first kappa shape index (κ1) is 10.4. The highest BCUT2D eigenvalue weighted by Gasteiger charge is 2.04. The van der Waals surface area contributed by atoms with E-state index in [1.165, 1.54) is 17.4 Å². The van der Waals surface area contributed by atoms with Crippen molar-refractivity contribution in [2.24, 2.45) is 0 Å². The van der Waals surface area contributed by atoms with E-state index in [0.717, 1.165) is 0 Å². The molecule has 0 unspecified atom stereocenters. The van der Waals surface area contributed by atoms with Gasteiger partial charge in [-0.25, -0.2) is 4.39 Å². The lowest BCUT2D eigenvalue weighted by Crippen LogP contribution is -1.86. The van der Waals surface area contributed by atoms with Gasteiger partial charge in [-0.2, -0.15) is 4.98 Å². The zero-order chi connectivity index (χ0) is 10.8. The van der Waals surface area contributed by atoms with E-state index in [4.69, 9.17) is 16.3 Å². The molecule has 0 atom stereocenters. The van der Waals surface area contributed by atoms with Crippen molar-refractivity contribution in [3.63, 3.8) is 0 Å². The number of nitrogens with zero attached hydrogens (tertiary/aromatic N) is 1. The smallest absolute Gasteiger partial charge is 0.280 e. The van der Waals surface area contributed by atoms with Crippen molar-refractivity contribution in [1.82, 2.24) is 4.98 Å². The molecule has 0 N–H and O–H groups in total. The summed E-state index contributed by atoms with van der Waals surface area (Å²) in [5, 5.41) is 2.44. The van der Waals surface area contributed by atoms with Crippen LogP contribution in [-0.4, -0.2) is 4.98 Å². The van der Waals surface area contributed by atoms with Gasteiger partial charge in [-0.1, -0.05) is 29.0 Å². The van der Waals surface area contributed by atoms with Gasteiger partial charge in [0.15, 0.2) is 0 Å². The van der Waals surface area contributed by atoms with Gasteiger partial charge in [0, 0.05) is 11.4 Å². The Labute approximate surface area is 95.3 Å². The predicted octanol–water partition coefficient (Wildman–Crippen LogP) is 4.04. The topological polar surface area (TPSA) is 22.1 Å². The Morgan fingerprint density at radius 3 is 2.87 bits per heavy atom. The van der Waals surface area contributed by atoms with Crippen LogP contribution in [0.15, 0.2) is 23.6 Å². The molecule has 0 bridgehead atoms. The fourth-order valence-corrected chi connectivity index (χ4v) is 1.83. The van der Waals surface area contributed by atoms with Gasteiger partial charge in [0.25, 0.3) is 5.19 Å². The molecule has 2 nitrogen and oxygen atoms in total. The van der Waals surface area contributed by atoms with Gasteiger partial charge in [0.2, 0.25) is 0 Å². The first-order valence-electron chi connectivity index (χ1n) is 4.20. The van der Waals surface area contributed by atoms with Crippen LogP contribution in [-0.2, 0) is 0 Å². The third kappa shape index (κ3) is 2.46. The Bertz CT molecular complexity index is 486. The monoisotopic (exact) mass is 243 g/mol. The van der Waals surface area contributed by atoms with Gasteiger partial charge in [0.1, 0.15) is 16.7 Å².